The van der Waals surface area contributed by atoms with Crippen molar-refractivity contribution < 1.29 is 0 Å². The molecular weight excluding hydrogens is 555 g/mol. The van der Waals surface area contributed by atoms with Gasteiger partial charge in [-0.2, -0.15) is 0 Å². The van der Waals surface area contributed by atoms with Crippen LogP contribution in [-0.2, 0) is 0 Å². The highest BCUT2D eigenvalue weighted by Gasteiger charge is 2.18. The molecule has 0 radical (unpaired) electrons. The molecule has 0 saturated heterocycles. The van der Waals surface area contributed by atoms with Gasteiger partial charge in [0.05, 0.1) is 6.04 Å². The first-order chi connectivity index (χ1) is 22.6. The molecule has 0 amide bonds. The van der Waals surface area contributed by atoms with Crippen LogP contribution in [0.3, 0.4) is 0 Å². The van der Waals surface area contributed by atoms with Gasteiger partial charge in [-0.05, 0) is 120 Å². The van der Waals surface area contributed by atoms with Crippen LogP contribution in [-0.4, -0.2) is 0 Å². The summed E-state index contributed by atoms with van der Waals surface area (Å²) < 4.78 is 0. The van der Waals surface area contributed by atoms with E-state index in [1.165, 1.54) is 76.8 Å². The fourth-order valence-corrected chi connectivity index (χ4v) is 7.19. The van der Waals surface area contributed by atoms with Crippen molar-refractivity contribution in [3.8, 4) is 33.4 Å². The lowest BCUT2D eigenvalue weighted by molar-refractivity contribution is 0.872. The topological polar surface area (TPSA) is 26.0 Å². The third-order valence-electron chi connectivity index (χ3n) is 9.58. The fraction of sp³-hybridized carbons (Fsp3) is 0.0667. The molecule has 0 aliphatic carbocycles. The Bertz CT molecular complexity index is 2370. The van der Waals surface area contributed by atoms with Crippen molar-refractivity contribution in [3.63, 3.8) is 0 Å². The first-order valence-electron chi connectivity index (χ1n) is 16.0. The van der Waals surface area contributed by atoms with Crippen LogP contribution in [0, 0.1) is 13.8 Å². The van der Waals surface area contributed by atoms with E-state index in [4.69, 9.17) is 5.73 Å². The van der Waals surface area contributed by atoms with Gasteiger partial charge in [-0.3, -0.25) is 0 Å². The van der Waals surface area contributed by atoms with Gasteiger partial charge in [0.1, 0.15) is 0 Å². The van der Waals surface area contributed by atoms with Crippen molar-refractivity contribution >= 4 is 32.3 Å². The van der Waals surface area contributed by atoms with Crippen molar-refractivity contribution in [3.05, 3.63) is 180 Å². The molecule has 1 unspecified atom stereocenters. The molecule has 8 aromatic rings. The van der Waals surface area contributed by atoms with E-state index in [0.29, 0.717) is 0 Å². The molecular formula is C45H35N. The van der Waals surface area contributed by atoms with Crippen molar-refractivity contribution in [1.29, 1.82) is 0 Å². The van der Waals surface area contributed by atoms with Crippen LogP contribution in [0.15, 0.2) is 158 Å². The van der Waals surface area contributed by atoms with Gasteiger partial charge in [0.25, 0.3) is 0 Å². The van der Waals surface area contributed by atoms with Crippen molar-refractivity contribution in [2.24, 2.45) is 5.73 Å². The molecule has 1 nitrogen and oxygen atoms in total. The quantitative estimate of drug-likeness (QED) is 0.199. The summed E-state index contributed by atoms with van der Waals surface area (Å²) >= 11 is 0. The summed E-state index contributed by atoms with van der Waals surface area (Å²) in [6.07, 6.45) is 0. The van der Waals surface area contributed by atoms with E-state index in [-0.39, 0.29) is 6.04 Å². The van der Waals surface area contributed by atoms with E-state index >= 15 is 0 Å². The van der Waals surface area contributed by atoms with E-state index in [0.717, 1.165) is 11.1 Å². The second kappa shape index (κ2) is 11.5. The molecule has 8 rings (SSSR count). The van der Waals surface area contributed by atoms with Crippen molar-refractivity contribution in [2.45, 2.75) is 19.9 Å². The van der Waals surface area contributed by atoms with Crippen LogP contribution >= 0.6 is 0 Å². The fourth-order valence-electron chi connectivity index (χ4n) is 7.19. The van der Waals surface area contributed by atoms with Crippen molar-refractivity contribution in [2.75, 3.05) is 0 Å². The van der Waals surface area contributed by atoms with Gasteiger partial charge in [-0.25, -0.2) is 0 Å². The summed E-state index contributed by atoms with van der Waals surface area (Å²) in [5, 5.41) is 7.77. The maximum atomic E-state index is 6.91. The molecule has 0 aromatic heterocycles. The molecule has 0 bridgehead atoms. The summed E-state index contributed by atoms with van der Waals surface area (Å²) in [7, 11) is 0. The third kappa shape index (κ3) is 4.77. The van der Waals surface area contributed by atoms with Crippen LogP contribution < -0.4 is 5.73 Å². The number of hydrogen-bond acceptors (Lipinski definition) is 1. The lowest BCUT2D eigenvalue weighted by Gasteiger charge is -2.21. The second-order valence-electron chi connectivity index (χ2n) is 12.4. The molecule has 0 heterocycles. The minimum atomic E-state index is -0.205. The van der Waals surface area contributed by atoms with E-state index in [1.807, 2.05) is 6.07 Å². The Morgan fingerprint density at radius 3 is 1.59 bits per heavy atom. The van der Waals surface area contributed by atoms with Crippen LogP contribution in [0.25, 0.3) is 65.7 Å². The van der Waals surface area contributed by atoms with Gasteiger partial charge in [-0.1, -0.05) is 140 Å². The van der Waals surface area contributed by atoms with Gasteiger partial charge >= 0.3 is 0 Å². The molecule has 2 N–H and O–H groups in total. The maximum Gasteiger partial charge on any atom is 0.0557 e. The molecule has 1 atom stereocenters. The standard InChI is InChI=1S/C45H35N/c1-29-22-23-34(27-42(29)44-30(2)12-10-21-41(44)45(46)31-13-4-3-5-14-31)32-15-11-16-33(26-32)35-24-25-40-38-19-7-6-17-36(38)37-18-8-9-20-39(37)43(40)28-35/h3-28,45H,46H2,1-2H3. The molecule has 0 fully saturated rings. The summed E-state index contributed by atoms with van der Waals surface area (Å²) in [6.45, 7) is 4.39. The second-order valence-corrected chi connectivity index (χ2v) is 12.4. The van der Waals surface area contributed by atoms with E-state index in [2.05, 4.69) is 166 Å². The molecule has 1 heteroatoms. The van der Waals surface area contributed by atoms with Gasteiger partial charge in [0, 0.05) is 0 Å². The molecule has 46 heavy (non-hydrogen) atoms. The molecule has 0 aliphatic rings. The molecule has 220 valence electrons. The van der Waals surface area contributed by atoms with Gasteiger partial charge in [-0.15, -0.1) is 0 Å². The number of hydrogen-bond donors (Lipinski definition) is 1. The average molecular weight is 590 g/mol. The lowest BCUT2D eigenvalue weighted by Crippen LogP contribution is -2.13. The van der Waals surface area contributed by atoms with Gasteiger partial charge in [0.15, 0.2) is 0 Å². The molecule has 0 spiro atoms. The number of fused-ring (bicyclic) bond motifs is 6. The normalized spacial score (nSPS) is 12.2. The zero-order valence-electron chi connectivity index (χ0n) is 26.2. The highest BCUT2D eigenvalue weighted by molar-refractivity contribution is 6.25. The predicted molar refractivity (Wildman–Crippen MR) is 197 cm³/mol. The zero-order chi connectivity index (χ0) is 31.2. The van der Waals surface area contributed by atoms with E-state index in [1.54, 1.807) is 0 Å². The van der Waals surface area contributed by atoms with Gasteiger partial charge in [0.2, 0.25) is 0 Å². The van der Waals surface area contributed by atoms with E-state index < -0.39 is 0 Å². The number of aryl methyl sites for hydroxylation is 2. The van der Waals surface area contributed by atoms with Crippen LogP contribution in [0.2, 0.25) is 0 Å². The Morgan fingerprint density at radius 1 is 0.391 bits per heavy atom. The monoisotopic (exact) mass is 589 g/mol. The first-order valence-corrected chi connectivity index (χ1v) is 16.0. The largest absolute Gasteiger partial charge is 0.320 e. The zero-order valence-corrected chi connectivity index (χ0v) is 26.2. The van der Waals surface area contributed by atoms with E-state index in [9.17, 15) is 0 Å². The lowest BCUT2D eigenvalue weighted by atomic mass is 9.85. The summed E-state index contributed by atoms with van der Waals surface area (Å²) in [5.41, 5.74) is 18.9. The minimum Gasteiger partial charge on any atom is -0.320 e. The SMILES string of the molecule is Cc1ccc(-c2cccc(-c3ccc4c5ccccc5c5ccccc5c4c3)c2)cc1-c1c(C)cccc1C(N)c1ccccc1. The van der Waals surface area contributed by atoms with Crippen LogP contribution in [0.4, 0.5) is 0 Å². The Morgan fingerprint density at radius 2 is 0.913 bits per heavy atom. The maximum absolute atomic E-state index is 6.91. The van der Waals surface area contributed by atoms with Crippen LogP contribution in [0.1, 0.15) is 28.3 Å². The summed E-state index contributed by atoms with van der Waals surface area (Å²) in [6, 6.07) is 56.9. The Kier molecular flexibility index (Phi) is 6.97. The molecule has 0 saturated carbocycles. The Hall–Kier alpha value is -5.50. The summed E-state index contributed by atoms with van der Waals surface area (Å²) in [5.74, 6) is 0. The molecule has 8 aromatic carbocycles. The van der Waals surface area contributed by atoms with Gasteiger partial charge < -0.3 is 5.73 Å². The van der Waals surface area contributed by atoms with Crippen molar-refractivity contribution in [1.82, 2.24) is 0 Å². The highest BCUT2D eigenvalue weighted by atomic mass is 14.6. The number of benzene rings is 8. The third-order valence-corrected chi connectivity index (χ3v) is 9.58. The smallest absolute Gasteiger partial charge is 0.0557 e. The Balaban J connectivity index is 1.24. The Labute approximate surface area is 270 Å². The minimum absolute atomic E-state index is 0.205. The van der Waals surface area contributed by atoms with Crippen LogP contribution in [0.5, 0.6) is 0 Å². The highest BCUT2D eigenvalue weighted by Crippen LogP contribution is 2.40. The molecule has 0 aliphatic heterocycles. The first kappa shape index (κ1) is 28.0. The number of rotatable bonds is 5. The average Bonchev–Trinajstić information content (AvgIpc) is 3.12. The number of nitrogens with two attached hydrogens (primary N) is 1. The summed E-state index contributed by atoms with van der Waals surface area (Å²) in [4.78, 5) is 0. The predicted octanol–water partition coefficient (Wildman–Crippen LogP) is 11.8.